The third-order valence-corrected chi connectivity index (χ3v) is 4.21. The molecule has 3 nitrogen and oxygen atoms in total. The monoisotopic (exact) mass is 293 g/mol. The van der Waals surface area contributed by atoms with Gasteiger partial charge in [-0.2, -0.15) is 5.10 Å². The third-order valence-electron chi connectivity index (χ3n) is 3.86. The molecular formula is C15H17ClFN3. The van der Waals surface area contributed by atoms with Crippen molar-refractivity contribution in [3.8, 4) is 0 Å². The molecule has 2 aromatic rings. The summed E-state index contributed by atoms with van der Waals surface area (Å²) in [4.78, 5) is 2.20. The standard InChI is InChI=1S/C15H17ClFN3/c1-2-11-9-15(19-18-11)20-7-3-4-14(20)12-8-10(17)5-6-13(12)16/h5-6,8-9,14H,2-4,7H2,1H3,(H,18,19)/t14-/m1/s1. The largest absolute Gasteiger partial charge is 0.348 e. The number of aromatic amines is 1. The molecule has 0 radical (unpaired) electrons. The fourth-order valence-corrected chi connectivity index (χ4v) is 3.06. The minimum absolute atomic E-state index is 0.103. The zero-order chi connectivity index (χ0) is 14.1. The van der Waals surface area contributed by atoms with Crippen LogP contribution in [0.25, 0.3) is 0 Å². The van der Waals surface area contributed by atoms with Gasteiger partial charge in [-0.3, -0.25) is 5.10 Å². The molecule has 0 saturated carbocycles. The lowest BCUT2D eigenvalue weighted by molar-refractivity contribution is 0.618. The molecule has 3 rings (SSSR count). The summed E-state index contributed by atoms with van der Waals surface area (Å²) in [6.45, 7) is 3.01. The first kappa shape index (κ1) is 13.4. The molecule has 0 aliphatic carbocycles. The van der Waals surface area contributed by atoms with Gasteiger partial charge in [0.25, 0.3) is 0 Å². The van der Waals surface area contributed by atoms with Crippen molar-refractivity contribution in [3.05, 3.63) is 46.4 Å². The van der Waals surface area contributed by atoms with Crippen LogP contribution >= 0.6 is 11.6 Å². The molecule has 0 bridgehead atoms. The molecule has 1 aromatic heterocycles. The predicted octanol–water partition coefficient (Wildman–Crippen LogP) is 4.11. The topological polar surface area (TPSA) is 31.9 Å². The minimum atomic E-state index is -0.243. The van der Waals surface area contributed by atoms with Crippen molar-refractivity contribution in [2.45, 2.75) is 32.2 Å². The minimum Gasteiger partial charge on any atom is -0.348 e. The average molecular weight is 294 g/mol. The van der Waals surface area contributed by atoms with E-state index in [1.807, 2.05) is 0 Å². The number of anilines is 1. The molecule has 1 fully saturated rings. The van der Waals surface area contributed by atoms with Crippen LogP contribution in [0.4, 0.5) is 10.2 Å². The zero-order valence-corrected chi connectivity index (χ0v) is 12.1. The molecule has 1 atom stereocenters. The van der Waals surface area contributed by atoms with E-state index in [4.69, 9.17) is 11.6 Å². The first-order valence-electron chi connectivity index (χ1n) is 6.95. The Balaban J connectivity index is 1.94. The second-order valence-corrected chi connectivity index (χ2v) is 5.53. The number of nitrogens with one attached hydrogen (secondary N) is 1. The number of hydrogen-bond donors (Lipinski definition) is 1. The Morgan fingerprint density at radius 2 is 2.30 bits per heavy atom. The van der Waals surface area contributed by atoms with Crippen LogP contribution in [-0.2, 0) is 6.42 Å². The van der Waals surface area contributed by atoms with Gasteiger partial charge in [-0.15, -0.1) is 0 Å². The molecule has 5 heteroatoms. The average Bonchev–Trinajstić information content (AvgIpc) is 3.08. The van der Waals surface area contributed by atoms with Crippen LogP contribution in [0, 0.1) is 5.82 Å². The van der Waals surface area contributed by atoms with Crippen LogP contribution in [0.5, 0.6) is 0 Å². The smallest absolute Gasteiger partial charge is 0.151 e. The summed E-state index contributed by atoms with van der Waals surface area (Å²) < 4.78 is 13.5. The number of hydrogen-bond acceptors (Lipinski definition) is 2. The highest BCUT2D eigenvalue weighted by Gasteiger charge is 2.29. The molecule has 1 aromatic carbocycles. The van der Waals surface area contributed by atoms with Gasteiger partial charge >= 0.3 is 0 Å². The molecule has 1 saturated heterocycles. The Bertz CT molecular complexity index is 611. The summed E-state index contributed by atoms with van der Waals surface area (Å²) in [5, 5.41) is 8.01. The number of aryl methyl sites for hydroxylation is 1. The van der Waals surface area contributed by atoms with Crippen LogP contribution in [-0.4, -0.2) is 16.7 Å². The van der Waals surface area contributed by atoms with Gasteiger partial charge in [0.1, 0.15) is 5.82 Å². The number of aromatic nitrogens is 2. The fraction of sp³-hybridized carbons (Fsp3) is 0.400. The van der Waals surface area contributed by atoms with E-state index < -0.39 is 0 Å². The van der Waals surface area contributed by atoms with Gasteiger partial charge in [-0.05, 0) is 43.0 Å². The highest BCUT2D eigenvalue weighted by Crippen LogP contribution is 2.38. The molecule has 1 N–H and O–H groups in total. The highest BCUT2D eigenvalue weighted by molar-refractivity contribution is 6.31. The van der Waals surface area contributed by atoms with E-state index >= 15 is 0 Å². The first-order chi connectivity index (χ1) is 9.69. The van der Waals surface area contributed by atoms with Gasteiger partial charge in [-0.25, -0.2) is 4.39 Å². The normalized spacial score (nSPS) is 18.8. The fourth-order valence-electron chi connectivity index (χ4n) is 2.81. The third kappa shape index (κ3) is 2.40. The Morgan fingerprint density at radius 1 is 1.45 bits per heavy atom. The van der Waals surface area contributed by atoms with Crippen LogP contribution in [0.15, 0.2) is 24.3 Å². The van der Waals surface area contributed by atoms with Crippen molar-refractivity contribution in [1.82, 2.24) is 10.2 Å². The number of benzene rings is 1. The maximum absolute atomic E-state index is 13.5. The number of nitrogens with zero attached hydrogens (tertiary/aromatic N) is 2. The van der Waals surface area contributed by atoms with E-state index in [2.05, 4.69) is 28.1 Å². The van der Waals surface area contributed by atoms with Crippen molar-refractivity contribution in [2.75, 3.05) is 11.4 Å². The predicted molar refractivity (Wildman–Crippen MR) is 78.7 cm³/mol. The number of H-pyrrole nitrogens is 1. The molecule has 2 heterocycles. The van der Waals surface area contributed by atoms with Crippen molar-refractivity contribution in [3.63, 3.8) is 0 Å². The highest BCUT2D eigenvalue weighted by atomic mass is 35.5. The van der Waals surface area contributed by atoms with Gasteiger partial charge in [-0.1, -0.05) is 18.5 Å². The summed E-state index contributed by atoms with van der Waals surface area (Å²) in [6, 6.07) is 6.73. The zero-order valence-electron chi connectivity index (χ0n) is 11.4. The maximum Gasteiger partial charge on any atom is 0.151 e. The lowest BCUT2D eigenvalue weighted by atomic mass is 10.0. The van der Waals surface area contributed by atoms with Crippen molar-refractivity contribution >= 4 is 17.4 Å². The van der Waals surface area contributed by atoms with Crippen molar-refractivity contribution in [2.24, 2.45) is 0 Å². The Morgan fingerprint density at radius 3 is 3.05 bits per heavy atom. The SMILES string of the molecule is CCc1cc(N2CCC[C@@H]2c2cc(F)ccc2Cl)n[nH]1. The van der Waals surface area contributed by atoms with Crippen LogP contribution in [0.3, 0.4) is 0 Å². The molecule has 20 heavy (non-hydrogen) atoms. The second-order valence-electron chi connectivity index (χ2n) is 5.12. The molecule has 1 aliphatic heterocycles. The van der Waals surface area contributed by atoms with Gasteiger partial charge in [0.05, 0.1) is 6.04 Å². The van der Waals surface area contributed by atoms with Crippen LogP contribution in [0.2, 0.25) is 5.02 Å². The van der Waals surface area contributed by atoms with E-state index in [0.29, 0.717) is 5.02 Å². The number of halogens is 2. The van der Waals surface area contributed by atoms with Gasteiger partial charge in [0, 0.05) is 23.3 Å². The molecule has 1 aliphatic rings. The number of rotatable bonds is 3. The quantitative estimate of drug-likeness (QED) is 0.923. The van der Waals surface area contributed by atoms with Crippen LogP contribution < -0.4 is 4.90 Å². The maximum atomic E-state index is 13.5. The van der Waals surface area contributed by atoms with Crippen molar-refractivity contribution in [1.29, 1.82) is 0 Å². The summed E-state index contributed by atoms with van der Waals surface area (Å²) in [6.07, 6.45) is 2.95. The van der Waals surface area contributed by atoms with E-state index in [0.717, 1.165) is 42.9 Å². The second kappa shape index (κ2) is 5.44. The van der Waals surface area contributed by atoms with Crippen LogP contribution in [0.1, 0.15) is 37.1 Å². The molecule has 0 unspecified atom stereocenters. The van der Waals surface area contributed by atoms with E-state index in [1.54, 1.807) is 12.1 Å². The molecule has 0 spiro atoms. The molecular weight excluding hydrogens is 277 g/mol. The van der Waals surface area contributed by atoms with Gasteiger partial charge in [0.15, 0.2) is 5.82 Å². The molecule has 106 valence electrons. The molecule has 0 amide bonds. The lowest BCUT2D eigenvalue weighted by Crippen LogP contribution is -2.23. The Hall–Kier alpha value is -1.55. The Labute approximate surface area is 122 Å². The van der Waals surface area contributed by atoms with E-state index in [1.165, 1.54) is 6.07 Å². The van der Waals surface area contributed by atoms with E-state index in [-0.39, 0.29) is 11.9 Å². The van der Waals surface area contributed by atoms with E-state index in [9.17, 15) is 4.39 Å². The summed E-state index contributed by atoms with van der Waals surface area (Å²) in [7, 11) is 0. The van der Waals surface area contributed by atoms with Crippen molar-refractivity contribution < 1.29 is 4.39 Å². The van der Waals surface area contributed by atoms with Gasteiger partial charge < -0.3 is 4.90 Å². The summed E-state index contributed by atoms with van der Waals surface area (Å²) in [5.74, 6) is 0.678. The Kier molecular flexibility index (Phi) is 3.66. The van der Waals surface area contributed by atoms with Gasteiger partial charge in [0.2, 0.25) is 0 Å². The first-order valence-corrected chi connectivity index (χ1v) is 7.32. The summed E-state index contributed by atoms with van der Waals surface area (Å²) >= 11 is 6.24. The summed E-state index contributed by atoms with van der Waals surface area (Å²) in [5.41, 5.74) is 1.96. The lowest BCUT2D eigenvalue weighted by Gasteiger charge is -2.25.